The summed E-state index contributed by atoms with van der Waals surface area (Å²) in [7, 11) is 0. The number of primary amides is 1. The zero-order valence-corrected chi connectivity index (χ0v) is 10.4. The molecule has 21 heavy (non-hydrogen) atoms. The third-order valence-electron chi connectivity index (χ3n) is 2.65. The zero-order valence-electron chi connectivity index (χ0n) is 10.4. The molecule has 0 atom stereocenters. The van der Waals surface area contributed by atoms with E-state index >= 15 is 0 Å². The molecule has 2 aromatic rings. The molecule has 0 fully saturated rings. The van der Waals surface area contributed by atoms with Gasteiger partial charge in [0.15, 0.2) is 0 Å². The number of benzene rings is 2. The van der Waals surface area contributed by atoms with Crippen LogP contribution in [-0.4, -0.2) is 12.3 Å². The number of carbonyl (C=O) groups is 1. The molecule has 0 aliphatic rings. The number of hydrogen-bond donors (Lipinski definition) is 1. The van der Waals surface area contributed by atoms with Crippen molar-refractivity contribution in [3.05, 3.63) is 53.8 Å². The number of amides is 1. The highest BCUT2D eigenvalue weighted by Gasteiger charge is 2.30. The number of ether oxygens (including phenoxy) is 1. The lowest BCUT2D eigenvalue weighted by molar-refractivity contribution is -0.274. The number of carbonyl (C=O) groups excluding carboxylic acids is 1. The minimum atomic E-state index is -4.78. The third-order valence-corrected chi connectivity index (χ3v) is 2.65. The quantitative estimate of drug-likeness (QED) is 0.882. The van der Waals surface area contributed by atoms with Gasteiger partial charge in [-0.25, -0.2) is 4.39 Å². The van der Waals surface area contributed by atoms with Gasteiger partial charge in [-0.05, 0) is 29.8 Å². The van der Waals surface area contributed by atoms with E-state index in [0.29, 0.717) is 5.56 Å². The summed E-state index contributed by atoms with van der Waals surface area (Å²) in [6, 6.07) is 8.34. The molecule has 2 N–H and O–H groups in total. The van der Waals surface area contributed by atoms with Crippen LogP contribution in [0.1, 0.15) is 10.4 Å². The minimum absolute atomic E-state index is 0.00766. The number of rotatable bonds is 3. The van der Waals surface area contributed by atoms with Gasteiger partial charge in [-0.2, -0.15) is 0 Å². The molecule has 0 saturated heterocycles. The first-order valence-corrected chi connectivity index (χ1v) is 5.72. The largest absolute Gasteiger partial charge is 0.573 e. The Hall–Kier alpha value is -2.57. The second-order valence-electron chi connectivity index (χ2n) is 4.13. The molecule has 0 radical (unpaired) electrons. The Morgan fingerprint density at radius 2 is 1.67 bits per heavy atom. The Kier molecular flexibility index (Phi) is 3.84. The summed E-state index contributed by atoms with van der Waals surface area (Å²) in [6.45, 7) is 0. The lowest BCUT2D eigenvalue weighted by Crippen LogP contribution is -2.16. The fourth-order valence-corrected chi connectivity index (χ4v) is 1.74. The summed E-state index contributed by atoms with van der Waals surface area (Å²) in [6.07, 6.45) is -4.78. The van der Waals surface area contributed by atoms with Crippen LogP contribution in [0.15, 0.2) is 42.5 Å². The Bertz CT molecular complexity index is 666. The molecule has 0 heterocycles. The van der Waals surface area contributed by atoms with Gasteiger partial charge in [0.2, 0.25) is 5.91 Å². The summed E-state index contributed by atoms with van der Waals surface area (Å²) in [5.74, 6) is -1.87. The van der Waals surface area contributed by atoms with E-state index in [1.165, 1.54) is 24.3 Å². The fourth-order valence-electron chi connectivity index (χ4n) is 1.74. The maximum Gasteiger partial charge on any atom is 0.573 e. The van der Waals surface area contributed by atoms with Gasteiger partial charge in [0.05, 0.1) is 0 Å². The first kappa shape index (κ1) is 14.8. The number of alkyl halides is 3. The van der Waals surface area contributed by atoms with Gasteiger partial charge < -0.3 is 10.5 Å². The van der Waals surface area contributed by atoms with Gasteiger partial charge in [0.1, 0.15) is 11.6 Å². The summed E-state index contributed by atoms with van der Waals surface area (Å²) in [5.41, 5.74) is 5.51. The van der Waals surface area contributed by atoms with Gasteiger partial charge in [-0.3, -0.25) is 4.79 Å². The molecule has 2 rings (SSSR count). The van der Waals surface area contributed by atoms with Gasteiger partial charge in [0, 0.05) is 11.1 Å². The van der Waals surface area contributed by atoms with Crippen molar-refractivity contribution in [2.45, 2.75) is 6.36 Å². The standard InChI is InChI=1S/C14H9F4NO2/c15-12-7-9(13(19)20)3-6-11(12)8-1-4-10(5-2-8)21-14(16,17)18/h1-7H,(H2,19,20). The smallest absolute Gasteiger partial charge is 0.406 e. The summed E-state index contributed by atoms with van der Waals surface area (Å²) in [5, 5.41) is 0. The van der Waals surface area contributed by atoms with Crippen LogP contribution in [0.25, 0.3) is 11.1 Å². The SMILES string of the molecule is NC(=O)c1ccc(-c2ccc(OC(F)(F)F)cc2)c(F)c1. The van der Waals surface area contributed by atoms with Crippen molar-refractivity contribution in [2.24, 2.45) is 5.73 Å². The van der Waals surface area contributed by atoms with Crippen molar-refractivity contribution >= 4 is 5.91 Å². The summed E-state index contributed by atoms with van der Waals surface area (Å²) >= 11 is 0. The summed E-state index contributed by atoms with van der Waals surface area (Å²) in [4.78, 5) is 10.9. The van der Waals surface area contributed by atoms with E-state index < -0.39 is 23.8 Å². The van der Waals surface area contributed by atoms with Crippen LogP contribution >= 0.6 is 0 Å². The predicted molar refractivity (Wildman–Crippen MR) is 67.0 cm³/mol. The lowest BCUT2D eigenvalue weighted by Gasteiger charge is -2.10. The molecule has 0 aliphatic carbocycles. The van der Waals surface area contributed by atoms with E-state index in [1.54, 1.807) is 0 Å². The Morgan fingerprint density at radius 3 is 2.14 bits per heavy atom. The Labute approximate surface area is 116 Å². The molecule has 0 aliphatic heterocycles. The Balaban J connectivity index is 2.29. The van der Waals surface area contributed by atoms with E-state index in [0.717, 1.165) is 18.2 Å². The maximum atomic E-state index is 13.8. The third kappa shape index (κ3) is 3.71. The van der Waals surface area contributed by atoms with Gasteiger partial charge in [-0.15, -0.1) is 13.2 Å². The monoisotopic (exact) mass is 299 g/mol. The van der Waals surface area contributed by atoms with E-state index in [1.807, 2.05) is 0 Å². The molecule has 7 heteroatoms. The fraction of sp³-hybridized carbons (Fsp3) is 0.0714. The molecular weight excluding hydrogens is 290 g/mol. The average Bonchev–Trinajstić information content (AvgIpc) is 2.38. The van der Waals surface area contributed by atoms with Gasteiger partial charge in [0.25, 0.3) is 0 Å². The van der Waals surface area contributed by atoms with E-state index in [2.05, 4.69) is 4.74 Å². The van der Waals surface area contributed by atoms with Crippen molar-refractivity contribution in [1.82, 2.24) is 0 Å². The van der Waals surface area contributed by atoms with Crippen LogP contribution < -0.4 is 10.5 Å². The van der Waals surface area contributed by atoms with Crippen LogP contribution in [-0.2, 0) is 0 Å². The zero-order chi connectivity index (χ0) is 15.6. The van der Waals surface area contributed by atoms with Crippen molar-refractivity contribution in [3.63, 3.8) is 0 Å². The van der Waals surface area contributed by atoms with Crippen molar-refractivity contribution in [3.8, 4) is 16.9 Å². The summed E-state index contributed by atoms with van der Waals surface area (Å²) < 4.78 is 53.6. The minimum Gasteiger partial charge on any atom is -0.406 e. The predicted octanol–water partition coefficient (Wildman–Crippen LogP) is 3.49. The van der Waals surface area contributed by atoms with Crippen molar-refractivity contribution in [1.29, 1.82) is 0 Å². The highest BCUT2D eigenvalue weighted by atomic mass is 19.4. The highest BCUT2D eigenvalue weighted by Crippen LogP contribution is 2.28. The second kappa shape index (κ2) is 5.43. The molecular formula is C14H9F4NO2. The van der Waals surface area contributed by atoms with Crippen LogP contribution in [0.4, 0.5) is 17.6 Å². The normalized spacial score (nSPS) is 11.2. The first-order chi connectivity index (χ1) is 9.76. The van der Waals surface area contributed by atoms with Crippen LogP contribution in [0.5, 0.6) is 5.75 Å². The molecule has 3 nitrogen and oxygen atoms in total. The van der Waals surface area contributed by atoms with E-state index in [9.17, 15) is 22.4 Å². The van der Waals surface area contributed by atoms with Crippen LogP contribution in [0.3, 0.4) is 0 Å². The number of hydrogen-bond acceptors (Lipinski definition) is 2. The van der Waals surface area contributed by atoms with Crippen molar-refractivity contribution in [2.75, 3.05) is 0 Å². The maximum absolute atomic E-state index is 13.8. The molecule has 110 valence electrons. The van der Waals surface area contributed by atoms with E-state index in [-0.39, 0.29) is 11.1 Å². The van der Waals surface area contributed by atoms with E-state index in [4.69, 9.17) is 5.73 Å². The van der Waals surface area contributed by atoms with Gasteiger partial charge in [-0.1, -0.05) is 18.2 Å². The number of halogens is 4. The Morgan fingerprint density at radius 1 is 1.05 bits per heavy atom. The molecule has 0 spiro atoms. The first-order valence-electron chi connectivity index (χ1n) is 5.72. The average molecular weight is 299 g/mol. The highest BCUT2D eigenvalue weighted by molar-refractivity contribution is 5.93. The molecule has 0 saturated carbocycles. The van der Waals surface area contributed by atoms with Gasteiger partial charge >= 0.3 is 6.36 Å². The van der Waals surface area contributed by atoms with Crippen molar-refractivity contribution < 1.29 is 27.1 Å². The van der Waals surface area contributed by atoms with Crippen LogP contribution in [0, 0.1) is 5.82 Å². The molecule has 1 amide bonds. The molecule has 0 bridgehead atoms. The topological polar surface area (TPSA) is 52.3 Å². The molecule has 0 aromatic heterocycles. The lowest BCUT2D eigenvalue weighted by atomic mass is 10.0. The van der Waals surface area contributed by atoms with Crippen LogP contribution in [0.2, 0.25) is 0 Å². The molecule has 0 unspecified atom stereocenters. The second-order valence-corrected chi connectivity index (χ2v) is 4.13. The number of nitrogens with two attached hydrogens (primary N) is 1. The molecule has 2 aromatic carbocycles.